The molecule has 1 N–H and O–H groups in total. The molecule has 3 aromatic heterocycles. The molecule has 3 aromatic rings. The van der Waals surface area contributed by atoms with Crippen molar-refractivity contribution < 1.29 is 22.2 Å². The number of aromatic nitrogens is 2. The van der Waals surface area contributed by atoms with Gasteiger partial charge in [0.25, 0.3) is 0 Å². The van der Waals surface area contributed by atoms with Crippen LogP contribution < -0.4 is 5.32 Å². The number of furan rings is 1. The molecule has 4 rings (SSSR count). The summed E-state index contributed by atoms with van der Waals surface area (Å²) in [4.78, 5) is 18.4. The molecule has 1 saturated heterocycles. The largest absolute Gasteiger partial charge is 0.465 e. The molecule has 0 saturated carbocycles. The number of aryl methyl sites for hydroxylation is 3. The van der Waals surface area contributed by atoms with Crippen molar-refractivity contribution in [3.05, 3.63) is 40.5 Å². The zero-order valence-corrected chi connectivity index (χ0v) is 19.9. The average molecular weight is 479 g/mol. The fourth-order valence-corrected chi connectivity index (χ4v) is 6.68. The lowest BCUT2D eigenvalue weighted by Gasteiger charge is -2.30. The first kappa shape index (κ1) is 22.7. The number of nitrogens with zero attached hydrogens (tertiary/aromatic N) is 3. The topological polar surface area (TPSA) is 119 Å². The number of hydrogen-bond donors (Lipinski definition) is 1. The van der Waals surface area contributed by atoms with Gasteiger partial charge >= 0.3 is 0 Å². The summed E-state index contributed by atoms with van der Waals surface area (Å²) in [6, 6.07) is 5.30. The maximum absolute atomic E-state index is 13.3. The van der Waals surface area contributed by atoms with Gasteiger partial charge in [-0.25, -0.2) is 8.42 Å². The van der Waals surface area contributed by atoms with Crippen molar-refractivity contribution in [1.82, 2.24) is 19.8 Å². The van der Waals surface area contributed by atoms with Gasteiger partial charge in [0.2, 0.25) is 27.6 Å². The predicted molar refractivity (Wildman–Crippen MR) is 119 cm³/mol. The van der Waals surface area contributed by atoms with Crippen molar-refractivity contribution in [2.75, 3.05) is 13.1 Å². The van der Waals surface area contributed by atoms with Crippen LogP contribution in [0.1, 0.15) is 42.1 Å². The summed E-state index contributed by atoms with van der Waals surface area (Å²) in [5, 5.41) is 6.82. The lowest BCUT2D eigenvalue weighted by molar-refractivity contribution is -0.126. The van der Waals surface area contributed by atoms with E-state index < -0.39 is 10.0 Å². The van der Waals surface area contributed by atoms with Gasteiger partial charge in [-0.15, -0.1) is 11.3 Å². The maximum Gasteiger partial charge on any atom is 0.244 e. The summed E-state index contributed by atoms with van der Waals surface area (Å²) < 4.78 is 38.6. The SMILES string of the molecule is CCc1nc(-c2cc(S(=O)(=O)N3CCC(C(=O)NCc4ccc(C)o4)CC3)c(C)s2)no1. The van der Waals surface area contributed by atoms with Crippen molar-refractivity contribution in [3.63, 3.8) is 0 Å². The summed E-state index contributed by atoms with van der Waals surface area (Å²) in [5.41, 5.74) is 0. The molecular formula is C21H26N4O5S2. The van der Waals surface area contributed by atoms with Gasteiger partial charge in [-0.3, -0.25) is 4.79 Å². The van der Waals surface area contributed by atoms with Crippen LogP contribution in [0.4, 0.5) is 0 Å². The third-order valence-electron chi connectivity index (χ3n) is 5.54. The van der Waals surface area contributed by atoms with Crippen LogP contribution in [0.15, 0.2) is 32.0 Å². The van der Waals surface area contributed by atoms with Gasteiger partial charge in [-0.2, -0.15) is 9.29 Å². The predicted octanol–water partition coefficient (Wildman–Crippen LogP) is 3.29. The van der Waals surface area contributed by atoms with Crippen LogP contribution in [0.5, 0.6) is 0 Å². The Balaban J connectivity index is 1.39. The van der Waals surface area contributed by atoms with Gasteiger partial charge in [0, 0.05) is 30.3 Å². The van der Waals surface area contributed by atoms with Crippen molar-refractivity contribution in [2.24, 2.45) is 5.92 Å². The monoisotopic (exact) mass is 478 g/mol. The Hall–Kier alpha value is -2.50. The Morgan fingerprint density at radius 3 is 2.66 bits per heavy atom. The van der Waals surface area contributed by atoms with Crippen molar-refractivity contribution in [1.29, 1.82) is 0 Å². The van der Waals surface area contributed by atoms with Gasteiger partial charge in [0.05, 0.1) is 16.3 Å². The number of piperidine rings is 1. The third-order valence-corrected chi connectivity index (χ3v) is 8.74. The summed E-state index contributed by atoms with van der Waals surface area (Å²) in [6.45, 7) is 6.47. The minimum atomic E-state index is -3.67. The number of carbonyl (C=O) groups excluding carboxylic acids is 1. The fourth-order valence-electron chi connectivity index (χ4n) is 3.73. The normalized spacial score (nSPS) is 15.8. The highest BCUT2D eigenvalue weighted by Gasteiger charge is 2.34. The molecule has 9 nitrogen and oxygen atoms in total. The van der Waals surface area contributed by atoms with Crippen LogP contribution >= 0.6 is 11.3 Å². The summed E-state index contributed by atoms with van der Waals surface area (Å²) >= 11 is 1.33. The number of nitrogens with one attached hydrogen (secondary N) is 1. The Kier molecular flexibility index (Phi) is 6.50. The van der Waals surface area contributed by atoms with E-state index in [1.54, 1.807) is 13.0 Å². The molecule has 0 atom stereocenters. The second kappa shape index (κ2) is 9.16. The Morgan fingerprint density at radius 1 is 1.28 bits per heavy atom. The van der Waals surface area contributed by atoms with Crippen molar-refractivity contribution in [3.8, 4) is 10.7 Å². The smallest absolute Gasteiger partial charge is 0.244 e. The van der Waals surface area contributed by atoms with E-state index in [1.807, 2.05) is 26.0 Å². The molecule has 0 radical (unpaired) electrons. The third kappa shape index (κ3) is 4.64. The molecule has 1 aliphatic heterocycles. The molecule has 0 unspecified atom stereocenters. The molecule has 0 aliphatic carbocycles. The quantitative estimate of drug-likeness (QED) is 0.553. The minimum absolute atomic E-state index is 0.0751. The van der Waals surface area contributed by atoms with Crippen molar-refractivity contribution in [2.45, 2.75) is 51.5 Å². The van der Waals surface area contributed by atoms with Gasteiger partial charge in [-0.1, -0.05) is 12.1 Å². The Bertz CT molecular complexity index is 1200. The molecule has 4 heterocycles. The first-order valence-corrected chi connectivity index (χ1v) is 12.8. The number of carbonyl (C=O) groups is 1. The molecule has 11 heteroatoms. The summed E-state index contributed by atoms with van der Waals surface area (Å²) in [7, 11) is -3.67. The number of rotatable bonds is 7. The van der Waals surface area contributed by atoms with Gasteiger partial charge in [0.1, 0.15) is 11.5 Å². The van der Waals surface area contributed by atoms with Gasteiger partial charge < -0.3 is 14.3 Å². The number of hydrogen-bond acceptors (Lipinski definition) is 8. The van der Waals surface area contributed by atoms with Gasteiger partial charge in [0.15, 0.2) is 0 Å². The number of amides is 1. The number of thiophene rings is 1. The molecule has 0 aromatic carbocycles. The zero-order chi connectivity index (χ0) is 22.9. The lowest BCUT2D eigenvalue weighted by Crippen LogP contribution is -2.42. The second-order valence-electron chi connectivity index (χ2n) is 7.80. The van der Waals surface area contributed by atoms with Crippen LogP contribution in [-0.4, -0.2) is 41.9 Å². The van der Waals surface area contributed by atoms with E-state index >= 15 is 0 Å². The first-order valence-electron chi connectivity index (χ1n) is 10.5. The van der Waals surface area contributed by atoms with E-state index in [9.17, 15) is 13.2 Å². The molecule has 1 fully saturated rings. The number of sulfonamides is 1. The summed E-state index contributed by atoms with van der Waals surface area (Å²) in [5.74, 6) is 2.12. The average Bonchev–Trinajstić information content (AvgIpc) is 3.51. The lowest BCUT2D eigenvalue weighted by atomic mass is 9.97. The van der Waals surface area contributed by atoms with Crippen LogP contribution in [-0.2, 0) is 27.8 Å². The fraction of sp³-hybridized carbons (Fsp3) is 0.476. The van der Waals surface area contributed by atoms with Crippen LogP contribution in [0.2, 0.25) is 0 Å². The van der Waals surface area contributed by atoms with E-state index in [1.165, 1.54) is 15.6 Å². The molecule has 32 heavy (non-hydrogen) atoms. The van der Waals surface area contributed by atoms with Gasteiger partial charge in [-0.05, 0) is 44.9 Å². The molecule has 1 aliphatic rings. The molecule has 1 amide bonds. The van der Waals surface area contributed by atoms with Crippen LogP contribution in [0, 0.1) is 19.8 Å². The van der Waals surface area contributed by atoms with Crippen LogP contribution in [0.25, 0.3) is 10.7 Å². The van der Waals surface area contributed by atoms with E-state index in [0.717, 1.165) is 5.76 Å². The standard InChI is InChI=1S/C21H26N4O5S2/c1-4-19-23-20(24-30-19)17-11-18(14(3)31-17)32(27,28)25-9-7-15(8-10-25)21(26)22-12-16-6-5-13(2)29-16/h5-6,11,15H,4,7-10,12H2,1-3H3,(H,22,26). The van der Waals surface area contributed by atoms with E-state index in [-0.39, 0.29) is 16.7 Å². The Labute approximate surface area is 190 Å². The first-order chi connectivity index (χ1) is 15.3. The van der Waals surface area contributed by atoms with Crippen LogP contribution in [0.3, 0.4) is 0 Å². The highest BCUT2D eigenvalue weighted by Crippen LogP contribution is 2.35. The molecule has 0 spiro atoms. The molecule has 0 bridgehead atoms. The minimum Gasteiger partial charge on any atom is -0.465 e. The van der Waals surface area contributed by atoms with E-state index in [0.29, 0.717) is 66.1 Å². The summed E-state index contributed by atoms with van der Waals surface area (Å²) in [6.07, 6.45) is 1.57. The molecular weight excluding hydrogens is 452 g/mol. The van der Waals surface area contributed by atoms with E-state index in [4.69, 9.17) is 8.94 Å². The van der Waals surface area contributed by atoms with Crippen molar-refractivity contribution >= 4 is 27.3 Å². The highest BCUT2D eigenvalue weighted by atomic mass is 32.2. The second-order valence-corrected chi connectivity index (χ2v) is 11.0. The maximum atomic E-state index is 13.3. The van der Waals surface area contributed by atoms with E-state index in [2.05, 4.69) is 15.5 Å². The Morgan fingerprint density at radius 2 is 2.03 bits per heavy atom. The zero-order valence-electron chi connectivity index (χ0n) is 18.3. The molecule has 172 valence electrons. The highest BCUT2D eigenvalue weighted by molar-refractivity contribution is 7.89.